The van der Waals surface area contributed by atoms with E-state index in [0.717, 1.165) is 16.0 Å². The van der Waals surface area contributed by atoms with Crippen molar-refractivity contribution in [3.05, 3.63) is 94.7 Å². The molecular weight excluding hydrogens is 448 g/mol. The SMILES string of the molecule is Nn1c(COc2cccc(Br)c2)nnc1SCc1ccc(-c2ccccc2)cc1. The van der Waals surface area contributed by atoms with Crippen LogP contribution < -0.4 is 10.6 Å². The molecular formula is C22H19BrN4OS. The van der Waals surface area contributed by atoms with Crippen LogP contribution in [0.5, 0.6) is 5.75 Å². The first-order valence-electron chi connectivity index (χ1n) is 9.04. The molecule has 0 amide bonds. The quantitative estimate of drug-likeness (QED) is 0.296. The van der Waals surface area contributed by atoms with Crippen LogP contribution in [0.2, 0.25) is 0 Å². The van der Waals surface area contributed by atoms with Crippen molar-refractivity contribution < 1.29 is 4.74 Å². The Morgan fingerprint density at radius 1 is 0.897 bits per heavy atom. The van der Waals surface area contributed by atoms with E-state index in [9.17, 15) is 0 Å². The number of hydrogen-bond acceptors (Lipinski definition) is 5. The van der Waals surface area contributed by atoms with E-state index in [1.54, 1.807) is 11.8 Å². The van der Waals surface area contributed by atoms with Crippen molar-refractivity contribution in [1.82, 2.24) is 14.9 Å². The van der Waals surface area contributed by atoms with Crippen molar-refractivity contribution in [2.45, 2.75) is 17.5 Å². The Labute approximate surface area is 182 Å². The van der Waals surface area contributed by atoms with E-state index in [-0.39, 0.29) is 6.61 Å². The average Bonchev–Trinajstić information content (AvgIpc) is 3.11. The van der Waals surface area contributed by atoms with Gasteiger partial charge in [0.15, 0.2) is 5.82 Å². The Balaban J connectivity index is 1.35. The Morgan fingerprint density at radius 2 is 1.66 bits per heavy atom. The fraction of sp³-hybridized carbons (Fsp3) is 0.0909. The fourth-order valence-electron chi connectivity index (χ4n) is 2.78. The maximum Gasteiger partial charge on any atom is 0.210 e. The van der Waals surface area contributed by atoms with Crippen molar-refractivity contribution in [2.24, 2.45) is 0 Å². The molecule has 7 heteroatoms. The summed E-state index contributed by atoms with van der Waals surface area (Å²) in [6, 6.07) is 26.5. The molecule has 146 valence electrons. The number of nitrogen functional groups attached to an aromatic ring is 1. The summed E-state index contributed by atoms with van der Waals surface area (Å²) in [6.45, 7) is 0.256. The molecule has 4 rings (SSSR count). The lowest BCUT2D eigenvalue weighted by atomic mass is 10.0. The third-order valence-corrected chi connectivity index (χ3v) is 5.84. The first-order chi connectivity index (χ1) is 14.2. The van der Waals surface area contributed by atoms with E-state index in [1.165, 1.54) is 21.4 Å². The zero-order chi connectivity index (χ0) is 20.1. The molecule has 1 aromatic heterocycles. The highest BCUT2D eigenvalue weighted by Gasteiger charge is 2.11. The molecule has 29 heavy (non-hydrogen) atoms. The van der Waals surface area contributed by atoms with Gasteiger partial charge in [0.2, 0.25) is 5.16 Å². The van der Waals surface area contributed by atoms with Gasteiger partial charge < -0.3 is 10.6 Å². The predicted molar refractivity (Wildman–Crippen MR) is 120 cm³/mol. The molecule has 3 aromatic carbocycles. The largest absolute Gasteiger partial charge is 0.485 e. The van der Waals surface area contributed by atoms with Crippen LogP contribution in [0.4, 0.5) is 0 Å². The summed E-state index contributed by atoms with van der Waals surface area (Å²) in [5, 5.41) is 8.99. The molecule has 0 spiro atoms. The summed E-state index contributed by atoms with van der Waals surface area (Å²) in [5.41, 5.74) is 3.61. The van der Waals surface area contributed by atoms with E-state index < -0.39 is 0 Å². The molecule has 5 nitrogen and oxygen atoms in total. The summed E-state index contributed by atoms with van der Waals surface area (Å²) >= 11 is 4.97. The zero-order valence-electron chi connectivity index (χ0n) is 15.5. The minimum absolute atomic E-state index is 0.256. The number of nitrogens with zero attached hydrogens (tertiary/aromatic N) is 3. The second-order valence-electron chi connectivity index (χ2n) is 6.37. The molecule has 2 N–H and O–H groups in total. The summed E-state index contributed by atoms with van der Waals surface area (Å²) in [6.07, 6.45) is 0. The molecule has 0 aliphatic heterocycles. The second-order valence-corrected chi connectivity index (χ2v) is 8.22. The van der Waals surface area contributed by atoms with Gasteiger partial charge in [0.25, 0.3) is 0 Å². The van der Waals surface area contributed by atoms with Crippen molar-refractivity contribution in [3.63, 3.8) is 0 Å². The molecule has 4 aromatic rings. The summed E-state index contributed by atoms with van der Waals surface area (Å²) in [5.74, 6) is 8.23. The monoisotopic (exact) mass is 466 g/mol. The van der Waals surface area contributed by atoms with Gasteiger partial charge in [-0.1, -0.05) is 88.4 Å². The summed E-state index contributed by atoms with van der Waals surface area (Å²) in [7, 11) is 0. The number of hydrogen-bond donors (Lipinski definition) is 1. The number of rotatable bonds is 7. The molecule has 0 saturated carbocycles. The predicted octanol–water partition coefficient (Wildman–Crippen LogP) is 5.29. The summed E-state index contributed by atoms with van der Waals surface area (Å²) in [4.78, 5) is 0. The van der Waals surface area contributed by atoms with E-state index in [1.807, 2.05) is 42.5 Å². The third kappa shape index (κ3) is 4.99. The lowest BCUT2D eigenvalue weighted by Gasteiger charge is -2.07. The van der Waals surface area contributed by atoms with E-state index >= 15 is 0 Å². The lowest BCUT2D eigenvalue weighted by molar-refractivity contribution is 0.291. The number of nitrogens with two attached hydrogens (primary N) is 1. The molecule has 0 aliphatic carbocycles. The standard InChI is InChI=1S/C22H19BrN4OS/c23-19-7-4-8-20(13-19)28-14-21-25-26-22(27(21)24)29-15-16-9-11-18(12-10-16)17-5-2-1-3-6-17/h1-13H,14-15,24H2. The molecule has 0 atom stereocenters. The second kappa shape index (κ2) is 9.15. The highest BCUT2D eigenvalue weighted by atomic mass is 79.9. The van der Waals surface area contributed by atoms with Gasteiger partial charge in [0, 0.05) is 10.2 Å². The third-order valence-electron chi connectivity index (χ3n) is 4.33. The molecule has 0 unspecified atom stereocenters. The van der Waals surface area contributed by atoms with Crippen molar-refractivity contribution >= 4 is 27.7 Å². The van der Waals surface area contributed by atoms with Crippen LogP contribution in [0, 0.1) is 0 Å². The Morgan fingerprint density at radius 3 is 2.41 bits per heavy atom. The molecule has 0 aliphatic rings. The van der Waals surface area contributed by atoms with Crippen molar-refractivity contribution in [2.75, 3.05) is 5.84 Å². The van der Waals surface area contributed by atoms with Gasteiger partial charge in [-0.3, -0.25) is 0 Å². The van der Waals surface area contributed by atoms with Gasteiger partial charge in [-0.15, -0.1) is 10.2 Å². The Bertz CT molecular complexity index is 1080. The van der Waals surface area contributed by atoms with Gasteiger partial charge in [-0.2, -0.15) is 0 Å². The molecule has 0 fully saturated rings. The van der Waals surface area contributed by atoms with Gasteiger partial charge in [0.1, 0.15) is 12.4 Å². The molecule has 0 saturated heterocycles. The van der Waals surface area contributed by atoms with Crippen LogP contribution in [0.3, 0.4) is 0 Å². The fourth-order valence-corrected chi connectivity index (χ4v) is 3.99. The highest BCUT2D eigenvalue weighted by molar-refractivity contribution is 9.10. The normalized spacial score (nSPS) is 10.8. The van der Waals surface area contributed by atoms with E-state index in [2.05, 4.69) is 62.5 Å². The first kappa shape index (κ1) is 19.5. The number of benzene rings is 3. The minimum Gasteiger partial charge on any atom is -0.485 e. The molecule has 0 bridgehead atoms. The van der Waals surface area contributed by atoms with Crippen LogP contribution in [-0.4, -0.2) is 14.9 Å². The molecule has 1 heterocycles. The Kier molecular flexibility index (Phi) is 6.17. The maximum absolute atomic E-state index is 6.14. The number of thioether (sulfide) groups is 1. The smallest absolute Gasteiger partial charge is 0.210 e. The highest BCUT2D eigenvalue weighted by Crippen LogP contribution is 2.24. The minimum atomic E-state index is 0.256. The van der Waals surface area contributed by atoms with Crippen molar-refractivity contribution in [1.29, 1.82) is 0 Å². The molecule has 0 radical (unpaired) electrons. The average molecular weight is 467 g/mol. The Hall–Kier alpha value is -2.77. The number of halogens is 1. The van der Waals surface area contributed by atoms with Crippen LogP contribution in [0.15, 0.2) is 88.5 Å². The number of ether oxygens (including phenoxy) is 1. The van der Waals surface area contributed by atoms with Crippen LogP contribution in [0.25, 0.3) is 11.1 Å². The van der Waals surface area contributed by atoms with Gasteiger partial charge in [0.05, 0.1) is 0 Å². The van der Waals surface area contributed by atoms with E-state index in [0.29, 0.717) is 11.0 Å². The number of aromatic nitrogens is 3. The van der Waals surface area contributed by atoms with Gasteiger partial charge in [-0.05, 0) is 34.9 Å². The topological polar surface area (TPSA) is 66.0 Å². The zero-order valence-corrected chi connectivity index (χ0v) is 17.9. The van der Waals surface area contributed by atoms with Crippen LogP contribution in [0.1, 0.15) is 11.4 Å². The lowest BCUT2D eigenvalue weighted by Crippen LogP contribution is -2.15. The van der Waals surface area contributed by atoms with Crippen molar-refractivity contribution in [3.8, 4) is 16.9 Å². The van der Waals surface area contributed by atoms with Crippen LogP contribution >= 0.6 is 27.7 Å². The maximum atomic E-state index is 6.14. The van der Waals surface area contributed by atoms with E-state index in [4.69, 9.17) is 10.6 Å². The van der Waals surface area contributed by atoms with Gasteiger partial charge in [-0.25, -0.2) is 4.68 Å². The van der Waals surface area contributed by atoms with Crippen LogP contribution in [-0.2, 0) is 12.4 Å². The van der Waals surface area contributed by atoms with Gasteiger partial charge >= 0.3 is 0 Å². The summed E-state index contributed by atoms with van der Waals surface area (Å²) < 4.78 is 8.19. The first-order valence-corrected chi connectivity index (χ1v) is 10.8.